The van der Waals surface area contributed by atoms with Crippen molar-refractivity contribution in [2.45, 2.75) is 38.3 Å². The van der Waals surface area contributed by atoms with Crippen LogP contribution in [0.3, 0.4) is 0 Å². The third-order valence-corrected chi connectivity index (χ3v) is 6.53. The number of carbonyl (C=O) groups excluding carboxylic acids is 1. The lowest BCUT2D eigenvalue weighted by molar-refractivity contribution is -0.118. The van der Waals surface area contributed by atoms with E-state index in [1.807, 2.05) is 31.2 Å². The van der Waals surface area contributed by atoms with E-state index >= 15 is 0 Å². The monoisotopic (exact) mass is 472 g/mol. The van der Waals surface area contributed by atoms with E-state index in [4.69, 9.17) is 0 Å². The number of carbonyl (C=O) groups is 1. The number of nitrogens with zero attached hydrogens (tertiary/aromatic N) is 3. The Morgan fingerprint density at radius 3 is 2.59 bits per heavy atom. The van der Waals surface area contributed by atoms with Gasteiger partial charge in [0.05, 0.1) is 16.7 Å². The van der Waals surface area contributed by atoms with Gasteiger partial charge in [0.15, 0.2) is 5.16 Å². The zero-order chi connectivity index (χ0) is 24.1. The first kappa shape index (κ1) is 23.7. The lowest BCUT2D eigenvalue weighted by Gasteiger charge is -2.13. The highest BCUT2D eigenvalue weighted by atomic mass is 32.2. The van der Waals surface area contributed by atoms with Crippen LogP contribution in [-0.2, 0) is 11.2 Å². The van der Waals surface area contributed by atoms with Gasteiger partial charge in [-0.2, -0.15) is 0 Å². The van der Waals surface area contributed by atoms with Gasteiger partial charge in [-0.1, -0.05) is 62.0 Å². The molecule has 0 aliphatic heterocycles. The van der Waals surface area contributed by atoms with Gasteiger partial charge in [0, 0.05) is 12.7 Å². The van der Waals surface area contributed by atoms with Crippen LogP contribution in [0.15, 0.2) is 76.8 Å². The fraction of sp³-hybridized carbons (Fsp3) is 0.259. The molecule has 34 heavy (non-hydrogen) atoms. The van der Waals surface area contributed by atoms with E-state index < -0.39 is 0 Å². The number of benzene rings is 2. The highest BCUT2D eigenvalue weighted by Crippen LogP contribution is 2.21. The maximum atomic E-state index is 13.3. The lowest BCUT2D eigenvalue weighted by Crippen LogP contribution is -2.28. The van der Waals surface area contributed by atoms with Crippen LogP contribution in [0.2, 0.25) is 0 Å². The number of nitrogens with one attached hydrogen (secondary N) is 1. The Bertz CT molecular complexity index is 1360. The predicted molar refractivity (Wildman–Crippen MR) is 138 cm³/mol. The van der Waals surface area contributed by atoms with Gasteiger partial charge >= 0.3 is 0 Å². The van der Waals surface area contributed by atoms with Crippen molar-refractivity contribution >= 4 is 28.6 Å². The fourth-order valence-corrected chi connectivity index (χ4v) is 4.48. The van der Waals surface area contributed by atoms with Gasteiger partial charge < -0.3 is 5.32 Å². The summed E-state index contributed by atoms with van der Waals surface area (Å²) in [5.41, 5.74) is 3.88. The molecule has 4 rings (SSSR count). The van der Waals surface area contributed by atoms with E-state index in [-0.39, 0.29) is 17.2 Å². The highest BCUT2D eigenvalue weighted by Gasteiger charge is 2.15. The molecule has 0 fully saturated rings. The van der Waals surface area contributed by atoms with Gasteiger partial charge in [0.25, 0.3) is 5.56 Å². The SMILES string of the molecule is Cc1ccnc(-n2c(SCC(=O)NCCc3ccc(C(C)C)cc3)nc3ccccc3c2=O)c1. The zero-order valence-corrected chi connectivity index (χ0v) is 20.4. The van der Waals surface area contributed by atoms with Crippen LogP contribution in [0.1, 0.15) is 36.5 Å². The molecule has 6 nitrogen and oxygen atoms in total. The van der Waals surface area contributed by atoms with E-state index in [2.05, 4.69) is 53.4 Å². The van der Waals surface area contributed by atoms with Crippen molar-refractivity contribution in [2.75, 3.05) is 12.3 Å². The van der Waals surface area contributed by atoms with Crippen molar-refractivity contribution in [3.8, 4) is 5.82 Å². The van der Waals surface area contributed by atoms with E-state index in [1.54, 1.807) is 18.3 Å². The Hall–Kier alpha value is -3.45. The lowest BCUT2D eigenvalue weighted by atomic mass is 10.0. The minimum atomic E-state index is -0.198. The van der Waals surface area contributed by atoms with Gasteiger partial charge in [-0.3, -0.25) is 9.59 Å². The molecule has 0 bridgehead atoms. The van der Waals surface area contributed by atoms with Crippen LogP contribution >= 0.6 is 11.8 Å². The van der Waals surface area contributed by atoms with Crippen molar-refractivity contribution < 1.29 is 4.79 Å². The number of fused-ring (bicyclic) bond motifs is 1. The van der Waals surface area contributed by atoms with Crippen molar-refractivity contribution in [1.82, 2.24) is 19.9 Å². The Labute approximate surface area is 203 Å². The second-order valence-corrected chi connectivity index (χ2v) is 9.47. The number of thioether (sulfide) groups is 1. The molecule has 0 saturated carbocycles. The molecule has 7 heteroatoms. The Balaban J connectivity index is 1.46. The van der Waals surface area contributed by atoms with Crippen LogP contribution in [0.4, 0.5) is 0 Å². The number of aromatic nitrogens is 3. The number of para-hydroxylation sites is 1. The van der Waals surface area contributed by atoms with Gasteiger partial charge in [-0.05, 0) is 60.2 Å². The number of hydrogen-bond donors (Lipinski definition) is 1. The molecule has 2 aromatic heterocycles. The smallest absolute Gasteiger partial charge is 0.267 e. The molecule has 174 valence electrons. The zero-order valence-electron chi connectivity index (χ0n) is 19.6. The third kappa shape index (κ3) is 5.54. The molecule has 1 N–H and O–H groups in total. The maximum Gasteiger partial charge on any atom is 0.267 e. The molecular formula is C27H28N4O2S. The maximum absolute atomic E-state index is 13.3. The minimum Gasteiger partial charge on any atom is -0.355 e. The van der Waals surface area contributed by atoms with E-state index in [1.165, 1.54) is 27.5 Å². The highest BCUT2D eigenvalue weighted by molar-refractivity contribution is 7.99. The third-order valence-electron chi connectivity index (χ3n) is 5.59. The summed E-state index contributed by atoms with van der Waals surface area (Å²) in [6.45, 7) is 6.84. The summed E-state index contributed by atoms with van der Waals surface area (Å²) in [6, 6.07) is 19.4. The number of rotatable bonds is 8. The molecule has 0 atom stereocenters. The minimum absolute atomic E-state index is 0.102. The van der Waals surface area contributed by atoms with Gasteiger partial charge in [-0.15, -0.1) is 0 Å². The van der Waals surface area contributed by atoms with Crippen molar-refractivity contribution in [2.24, 2.45) is 0 Å². The molecule has 0 aliphatic rings. The Morgan fingerprint density at radius 1 is 1.09 bits per heavy atom. The summed E-state index contributed by atoms with van der Waals surface area (Å²) >= 11 is 1.24. The van der Waals surface area contributed by atoms with E-state index in [9.17, 15) is 9.59 Å². The number of amides is 1. The molecule has 0 spiro atoms. The molecule has 2 heterocycles. The quantitative estimate of drug-likeness (QED) is 0.298. The van der Waals surface area contributed by atoms with Gasteiger partial charge in [0.2, 0.25) is 5.91 Å². The Morgan fingerprint density at radius 2 is 1.85 bits per heavy atom. The van der Waals surface area contributed by atoms with Crippen LogP contribution < -0.4 is 10.9 Å². The largest absolute Gasteiger partial charge is 0.355 e. The molecule has 0 radical (unpaired) electrons. The van der Waals surface area contributed by atoms with Crippen molar-refractivity contribution in [1.29, 1.82) is 0 Å². The average Bonchev–Trinajstić information content (AvgIpc) is 2.83. The molecular weight excluding hydrogens is 444 g/mol. The topological polar surface area (TPSA) is 76.9 Å². The second-order valence-electron chi connectivity index (χ2n) is 8.53. The summed E-state index contributed by atoms with van der Waals surface area (Å²) in [6.07, 6.45) is 2.43. The fourth-order valence-electron chi connectivity index (χ4n) is 3.65. The van der Waals surface area contributed by atoms with Gasteiger partial charge in [-0.25, -0.2) is 14.5 Å². The predicted octanol–water partition coefficient (Wildman–Crippen LogP) is 4.66. The average molecular weight is 473 g/mol. The molecule has 2 aromatic carbocycles. The van der Waals surface area contributed by atoms with Crippen LogP contribution in [0.25, 0.3) is 16.7 Å². The van der Waals surface area contributed by atoms with Crippen molar-refractivity contribution in [3.63, 3.8) is 0 Å². The molecule has 0 aliphatic carbocycles. The first-order valence-corrected chi connectivity index (χ1v) is 12.3. The molecule has 1 amide bonds. The van der Waals surface area contributed by atoms with Crippen LogP contribution in [-0.4, -0.2) is 32.7 Å². The summed E-state index contributed by atoms with van der Waals surface area (Å²) in [5, 5.41) is 3.93. The van der Waals surface area contributed by atoms with Crippen LogP contribution in [0, 0.1) is 6.92 Å². The van der Waals surface area contributed by atoms with Crippen molar-refractivity contribution in [3.05, 3.63) is 93.9 Å². The standard InChI is InChI=1S/C27H28N4O2S/c1-18(2)21-10-8-20(9-11-21)13-15-29-25(32)17-34-27-30-23-7-5-4-6-22(23)26(33)31(27)24-16-19(3)12-14-28-24/h4-12,14,16,18H,13,15,17H2,1-3H3,(H,29,32). The first-order chi connectivity index (χ1) is 16.4. The second kappa shape index (κ2) is 10.7. The summed E-state index contributed by atoms with van der Waals surface area (Å²) in [7, 11) is 0. The number of aryl methyl sites for hydroxylation is 1. The molecule has 4 aromatic rings. The Kier molecular flexibility index (Phi) is 7.43. The first-order valence-electron chi connectivity index (χ1n) is 11.4. The number of pyridine rings is 1. The van der Waals surface area contributed by atoms with E-state index in [0.717, 1.165) is 12.0 Å². The summed E-state index contributed by atoms with van der Waals surface area (Å²) in [4.78, 5) is 34.9. The summed E-state index contributed by atoms with van der Waals surface area (Å²) in [5.74, 6) is 1.05. The normalized spacial score (nSPS) is 11.2. The van der Waals surface area contributed by atoms with Gasteiger partial charge in [0.1, 0.15) is 5.82 Å². The summed E-state index contributed by atoms with van der Waals surface area (Å²) < 4.78 is 1.49. The number of hydrogen-bond acceptors (Lipinski definition) is 5. The molecule has 0 unspecified atom stereocenters. The van der Waals surface area contributed by atoms with E-state index in [0.29, 0.717) is 34.3 Å². The molecule has 0 saturated heterocycles. The van der Waals surface area contributed by atoms with Crippen LogP contribution in [0.5, 0.6) is 0 Å².